The Labute approximate surface area is 146 Å². The molecule has 4 rings (SSSR count). The Kier molecular flexibility index (Phi) is 3.96. The number of pyridine rings is 2. The summed E-state index contributed by atoms with van der Waals surface area (Å²) in [5, 5.41) is 0. The third-order valence-corrected chi connectivity index (χ3v) is 4.07. The molecule has 0 unspecified atom stereocenters. The van der Waals surface area contributed by atoms with Crippen molar-refractivity contribution >= 4 is 11.0 Å². The minimum atomic E-state index is -0.732. The fraction of sp³-hybridized carbons (Fsp3) is 0.0526. The van der Waals surface area contributed by atoms with E-state index in [0.29, 0.717) is 16.6 Å². The van der Waals surface area contributed by atoms with Crippen LogP contribution in [0.1, 0.15) is 5.56 Å². The molecule has 0 atom stereocenters. The molecule has 0 N–H and O–H groups in total. The predicted octanol–water partition coefficient (Wildman–Crippen LogP) is 3.18. The molecule has 0 saturated heterocycles. The van der Waals surface area contributed by atoms with E-state index in [4.69, 9.17) is 0 Å². The van der Waals surface area contributed by atoms with E-state index >= 15 is 0 Å². The molecule has 3 aromatic heterocycles. The zero-order valence-corrected chi connectivity index (χ0v) is 13.4. The first-order chi connectivity index (χ1) is 12.6. The highest BCUT2D eigenvalue weighted by Crippen LogP contribution is 2.24. The maximum Gasteiger partial charge on any atom is 0.280 e. The third-order valence-electron chi connectivity index (χ3n) is 4.07. The summed E-state index contributed by atoms with van der Waals surface area (Å²) in [4.78, 5) is 24.4. The van der Waals surface area contributed by atoms with Crippen LogP contribution in [-0.4, -0.2) is 19.5 Å². The van der Waals surface area contributed by atoms with Crippen LogP contribution in [-0.2, 0) is 6.54 Å². The fourth-order valence-corrected chi connectivity index (χ4v) is 2.73. The molecule has 4 aromatic rings. The number of rotatable bonds is 3. The molecule has 0 fully saturated rings. The van der Waals surface area contributed by atoms with Crippen LogP contribution in [0.4, 0.5) is 8.78 Å². The number of fused-ring (bicyclic) bond motifs is 1. The van der Waals surface area contributed by atoms with Crippen LogP contribution >= 0.6 is 0 Å². The molecule has 0 bridgehead atoms. The van der Waals surface area contributed by atoms with Crippen LogP contribution in [0.3, 0.4) is 0 Å². The molecule has 0 aliphatic carbocycles. The van der Waals surface area contributed by atoms with E-state index in [1.165, 1.54) is 24.7 Å². The number of hydrogen-bond donors (Lipinski definition) is 0. The van der Waals surface area contributed by atoms with Crippen molar-refractivity contribution in [1.29, 1.82) is 0 Å². The standard InChI is InChI=1S/C19H12F2N4O/c20-15-8-13(12-3-6-22-7-4-12)9-16(21)14(15)10-25-11-24-17-2-1-5-23-18(17)19(25)26/h1-9,11H,10H2. The van der Waals surface area contributed by atoms with Gasteiger partial charge in [0.05, 0.1) is 18.4 Å². The normalized spacial score (nSPS) is 11.0. The Morgan fingerprint density at radius 3 is 2.38 bits per heavy atom. The van der Waals surface area contributed by atoms with Gasteiger partial charge < -0.3 is 0 Å². The van der Waals surface area contributed by atoms with Crippen molar-refractivity contribution in [3.63, 3.8) is 0 Å². The summed E-state index contributed by atoms with van der Waals surface area (Å²) >= 11 is 0. The second kappa shape index (κ2) is 6.44. The fourth-order valence-electron chi connectivity index (χ4n) is 2.73. The molecule has 1 aromatic carbocycles. The van der Waals surface area contributed by atoms with Gasteiger partial charge in [-0.05, 0) is 47.5 Å². The third kappa shape index (κ3) is 2.83. The molecule has 7 heteroatoms. The SMILES string of the molecule is O=c1c2ncccc2ncn1Cc1c(F)cc(-c2ccncc2)cc1F. The monoisotopic (exact) mass is 350 g/mol. The van der Waals surface area contributed by atoms with Crippen LogP contribution in [0, 0.1) is 11.6 Å². The van der Waals surface area contributed by atoms with Gasteiger partial charge in [0.1, 0.15) is 11.6 Å². The molecule has 26 heavy (non-hydrogen) atoms. The number of hydrogen-bond acceptors (Lipinski definition) is 4. The first-order valence-corrected chi connectivity index (χ1v) is 7.82. The van der Waals surface area contributed by atoms with Gasteiger partial charge in [0.2, 0.25) is 0 Å². The average Bonchev–Trinajstić information content (AvgIpc) is 2.67. The maximum atomic E-state index is 14.5. The van der Waals surface area contributed by atoms with Gasteiger partial charge in [-0.2, -0.15) is 0 Å². The zero-order chi connectivity index (χ0) is 18.1. The van der Waals surface area contributed by atoms with Crippen molar-refractivity contribution in [3.8, 4) is 11.1 Å². The topological polar surface area (TPSA) is 60.7 Å². The van der Waals surface area contributed by atoms with Gasteiger partial charge in [-0.25, -0.2) is 18.7 Å². The number of aromatic nitrogens is 4. The van der Waals surface area contributed by atoms with E-state index in [-0.39, 0.29) is 17.6 Å². The first kappa shape index (κ1) is 16.0. The molecule has 5 nitrogen and oxygen atoms in total. The lowest BCUT2D eigenvalue weighted by atomic mass is 10.0. The molecule has 0 aliphatic heterocycles. The maximum absolute atomic E-state index is 14.5. The summed E-state index contributed by atoms with van der Waals surface area (Å²) in [7, 11) is 0. The van der Waals surface area contributed by atoms with Gasteiger partial charge in [-0.3, -0.25) is 14.3 Å². The van der Waals surface area contributed by atoms with E-state index in [1.807, 2.05) is 0 Å². The highest BCUT2D eigenvalue weighted by atomic mass is 19.1. The summed E-state index contributed by atoms with van der Waals surface area (Å²) in [6.07, 6.45) is 5.83. The number of benzene rings is 1. The summed E-state index contributed by atoms with van der Waals surface area (Å²) in [5.74, 6) is -1.46. The van der Waals surface area contributed by atoms with Crippen LogP contribution in [0.15, 0.2) is 66.1 Å². The van der Waals surface area contributed by atoms with E-state index in [9.17, 15) is 13.6 Å². The predicted molar refractivity (Wildman–Crippen MR) is 92.5 cm³/mol. The first-order valence-electron chi connectivity index (χ1n) is 7.82. The van der Waals surface area contributed by atoms with Crippen LogP contribution in [0.25, 0.3) is 22.2 Å². The van der Waals surface area contributed by atoms with Crippen molar-refractivity contribution in [2.75, 3.05) is 0 Å². The quantitative estimate of drug-likeness (QED) is 0.569. The summed E-state index contributed by atoms with van der Waals surface area (Å²) in [5.41, 5.74) is 0.983. The molecule has 0 amide bonds. The lowest BCUT2D eigenvalue weighted by molar-refractivity contribution is 0.541. The smallest absolute Gasteiger partial charge is 0.280 e. The van der Waals surface area contributed by atoms with E-state index in [1.54, 1.807) is 36.7 Å². The largest absolute Gasteiger partial charge is 0.293 e. The molecule has 0 saturated carbocycles. The summed E-state index contributed by atoms with van der Waals surface area (Å²) < 4.78 is 30.2. The minimum absolute atomic E-state index is 0.157. The Balaban J connectivity index is 1.76. The van der Waals surface area contributed by atoms with Crippen molar-refractivity contribution in [1.82, 2.24) is 19.5 Å². The van der Waals surface area contributed by atoms with E-state index in [2.05, 4.69) is 15.0 Å². The van der Waals surface area contributed by atoms with Crippen LogP contribution in [0.5, 0.6) is 0 Å². The second-order valence-corrected chi connectivity index (χ2v) is 5.70. The highest BCUT2D eigenvalue weighted by Gasteiger charge is 2.14. The van der Waals surface area contributed by atoms with Gasteiger partial charge in [0.15, 0.2) is 5.52 Å². The van der Waals surface area contributed by atoms with Gasteiger partial charge in [-0.1, -0.05) is 0 Å². The van der Waals surface area contributed by atoms with Crippen molar-refractivity contribution in [2.24, 2.45) is 0 Å². The summed E-state index contributed by atoms with van der Waals surface area (Å²) in [6, 6.07) is 9.13. The Morgan fingerprint density at radius 1 is 0.923 bits per heavy atom. The zero-order valence-electron chi connectivity index (χ0n) is 13.4. The van der Waals surface area contributed by atoms with E-state index < -0.39 is 17.2 Å². The molecule has 128 valence electrons. The van der Waals surface area contributed by atoms with Crippen molar-refractivity contribution in [2.45, 2.75) is 6.54 Å². The lowest BCUT2D eigenvalue weighted by Crippen LogP contribution is -2.23. The molecule has 0 radical (unpaired) electrons. The van der Waals surface area contributed by atoms with Crippen molar-refractivity contribution in [3.05, 3.63) is 88.9 Å². The van der Waals surface area contributed by atoms with Gasteiger partial charge >= 0.3 is 0 Å². The molecule has 3 heterocycles. The van der Waals surface area contributed by atoms with E-state index in [0.717, 1.165) is 4.57 Å². The highest BCUT2D eigenvalue weighted by molar-refractivity contribution is 5.72. The van der Waals surface area contributed by atoms with Gasteiger partial charge in [0.25, 0.3) is 5.56 Å². The van der Waals surface area contributed by atoms with Crippen molar-refractivity contribution < 1.29 is 8.78 Å². The Bertz CT molecular complexity index is 1140. The number of nitrogens with zero attached hydrogens (tertiary/aromatic N) is 4. The average molecular weight is 350 g/mol. The van der Waals surface area contributed by atoms with Gasteiger partial charge in [0, 0.05) is 24.2 Å². The van der Waals surface area contributed by atoms with Gasteiger partial charge in [-0.15, -0.1) is 0 Å². The molecular weight excluding hydrogens is 338 g/mol. The van der Waals surface area contributed by atoms with Crippen LogP contribution < -0.4 is 5.56 Å². The van der Waals surface area contributed by atoms with Crippen LogP contribution in [0.2, 0.25) is 0 Å². The second-order valence-electron chi connectivity index (χ2n) is 5.70. The molecular formula is C19H12F2N4O. The summed E-state index contributed by atoms with van der Waals surface area (Å²) in [6.45, 7) is -0.271. The Morgan fingerprint density at radius 2 is 1.65 bits per heavy atom. The Hall–Kier alpha value is -3.48. The number of halogens is 2. The minimum Gasteiger partial charge on any atom is -0.293 e. The molecule has 0 spiro atoms. The molecule has 0 aliphatic rings. The lowest BCUT2D eigenvalue weighted by Gasteiger charge is -2.10.